The number of imide groups is 1. The first-order valence-corrected chi connectivity index (χ1v) is 29.1. The van der Waals surface area contributed by atoms with Crippen molar-refractivity contribution in [3.05, 3.63) is 88.0 Å². The molecular formula is C62H70F2N10O8. The molecule has 18 nitrogen and oxygen atoms in total. The van der Waals surface area contributed by atoms with Crippen LogP contribution in [-0.4, -0.2) is 138 Å². The van der Waals surface area contributed by atoms with Gasteiger partial charge in [-0.1, -0.05) is 49.1 Å². The Kier molecular flexibility index (Phi) is 14.7. The van der Waals surface area contributed by atoms with E-state index in [0.717, 1.165) is 94.7 Å². The highest BCUT2D eigenvalue weighted by molar-refractivity contribution is 6.02. The third-order valence-electron chi connectivity index (χ3n) is 18.2. The van der Waals surface area contributed by atoms with Gasteiger partial charge >= 0.3 is 23.9 Å². The summed E-state index contributed by atoms with van der Waals surface area (Å²) < 4.78 is 54.3. The molecule has 0 spiro atoms. The van der Waals surface area contributed by atoms with Crippen LogP contribution in [0.25, 0.3) is 44.0 Å². The molecular weight excluding hydrogens is 1050 g/mol. The number of nitrogens with one attached hydrogen (secondary N) is 1. The van der Waals surface area contributed by atoms with Crippen LogP contribution >= 0.6 is 0 Å². The topological polar surface area (TPSA) is 187 Å². The van der Waals surface area contributed by atoms with Gasteiger partial charge in [0.05, 0.1) is 39.6 Å². The first-order chi connectivity index (χ1) is 39.5. The lowest BCUT2D eigenvalue weighted by atomic mass is 9.91. The van der Waals surface area contributed by atoms with Gasteiger partial charge < -0.3 is 24.0 Å². The molecule has 6 fully saturated rings. The average molecular weight is 1120 g/mol. The second-order valence-electron chi connectivity index (χ2n) is 24.4. The molecule has 5 atom stereocenters. The predicted octanol–water partition coefficient (Wildman–Crippen LogP) is 8.96. The highest BCUT2D eigenvalue weighted by Gasteiger charge is 2.51. The van der Waals surface area contributed by atoms with E-state index in [2.05, 4.69) is 26.0 Å². The van der Waals surface area contributed by atoms with E-state index in [1.54, 1.807) is 42.1 Å². The molecule has 430 valence electrons. The monoisotopic (exact) mass is 1120 g/mol. The van der Waals surface area contributed by atoms with E-state index in [1.807, 2.05) is 48.8 Å². The number of halogens is 2. The van der Waals surface area contributed by atoms with Gasteiger partial charge in [0.25, 0.3) is 0 Å². The fourth-order valence-electron chi connectivity index (χ4n) is 14.1. The summed E-state index contributed by atoms with van der Waals surface area (Å²) in [6.45, 7) is 9.00. The van der Waals surface area contributed by atoms with Crippen molar-refractivity contribution in [3.63, 3.8) is 0 Å². The van der Waals surface area contributed by atoms with Gasteiger partial charge in [-0.3, -0.25) is 38.8 Å². The highest BCUT2D eigenvalue weighted by atomic mass is 19.1. The maximum Gasteiger partial charge on any atom is 0.410 e. The maximum atomic E-state index is 17.5. The number of carbonyl (C=O) groups is 4. The Morgan fingerprint density at radius 3 is 2.45 bits per heavy atom. The molecule has 20 heteroatoms. The van der Waals surface area contributed by atoms with Crippen LogP contribution in [-0.2, 0) is 32.5 Å². The van der Waals surface area contributed by atoms with Crippen LogP contribution in [0.5, 0.6) is 6.01 Å². The fraction of sp³-hybridized carbons (Fsp3) is 0.516. The first kappa shape index (κ1) is 54.9. The smallest absolute Gasteiger partial charge is 0.410 e. The van der Waals surface area contributed by atoms with Crippen LogP contribution in [0.15, 0.2) is 59.5 Å². The summed E-state index contributed by atoms with van der Waals surface area (Å²) in [5.74, 6) is 1.32. The summed E-state index contributed by atoms with van der Waals surface area (Å²) in [6.07, 6.45) is 17.9. The van der Waals surface area contributed by atoms with Crippen molar-refractivity contribution in [2.75, 3.05) is 50.8 Å². The number of amides is 4. The zero-order valence-corrected chi connectivity index (χ0v) is 47.1. The number of unbranched alkanes of at least 4 members (excludes halogenated alkanes) is 1. The molecule has 6 saturated heterocycles. The molecule has 82 heavy (non-hydrogen) atoms. The van der Waals surface area contributed by atoms with E-state index in [0.29, 0.717) is 71.6 Å². The van der Waals surface area contributed by atoms with Gasteiger partial charge in [0.15, 0.2) is 5.82 Å². The summed E-state index contributed by atoms with van der Waals surface area (Å²) in [6, 6.07) is 13.0. The molecule has 0 saturated carbocycles. The van der Waals surface area contributed by atoms with Gasteiger partial charge in [0.2, 0.25) is 11.8 Å². The molecule has 6 aliphatic heterocycles. The van der Waals surface area contributed by atoms with Gasteiger partial charge in [-0.15, -0.1) is 6.42 Å². The third kappa shape index (κ3) is 10.3. The van der Waals surface area contributed by atoms with Gasteiger partial charge in [-0.05, 0) is 133 Å². The van der Waals surface area contributed by atoms with E-state index >= 15 is 8.78 Å². The zero-order valence-electron chi connectivity index (χ0n) is 47.1. The van der Waals surface area contributed by atoms with Crippen molar-refractivity contribution in [2.24, 2.45) is 13.0 Å². The number of nitrogens with zero attached hydrogens (tertiary/aromatic N) is 9. The van der Waals surface area contributed by atoms with Crippen molar-refractivity contribution < 1.29 is 42.2 Å². The van der Waals surface area contributed by atoms with Crippen molar-refractivity contribution in [1.29, 1.82) is 0 Å². The Labute approximate surface area is 474 Å². The summed E-state index contributed by atoms with van der Waals surface area (Å²) in [5.41, 5.74) is 1.55. The number of piperazine rings is 1. The Hall–Kier alpha value is -7.66. The van der Waals surface area contributed by atoms with Gasteiger partial charge in [0, 0.05) is 62.8 Å². The molecule has 9 heterocycles. The van der Waals surface area contributed by atoms with Crippen molar-refractivity contribution in [3.8, 4) is 29.6 Å². The minimum atomic E-state index is -0.727. The Balaban J connectivity index is 0.683. The number of terminal acetylenes is 1. The Morgan fingerprint density at radius 2 is 1.70 bits per heavy atom. The summed E-state index contributed by atoms with van der Waals surface area (Å²) in [4.78, 5) is 87.3. The minimum Gasteiger partial charge on any atom is -0.461 e. The largest absolute Gasteiger partial charge is 0.461 e. The standard InChI is InChI=1S/C62H70F2N10O8/c1-6-43-46(63)19-16-39-13-9-14-44(51(39)43)53-52(64)54-45(32-65-53)55(71-33-40-17-18-41(34-71)73(40)60(79)82-61(2,3)4)68-57(67-54)81-36-62-26-10-28-72(62)42(23-27-62)35-80-59(78)70-29-24-37(25-30-70)11-7-8-12-38-15-20-47-49(31-38)69(5)58(77)74(47)48-21-22-50(75)66-56(48)76/h1,9,13-16,19-20,31-32,37,40-42,48H,7-8,10-12,17-18,21-30,33-36H2,2-5H3,(H,66,75,76)/t40?,41?,42-,48?,62-/m0/s1. The van der Waals surface area contributed by atoms with Crippen LogP contribution in [0.4, 0.5) is 24.2 Å². The molecule has 0 radical (unpaired) electrons. The molecule has 0 aliphatic carbocycles. The molecule has 12 rings (SSSR count). The minimum absolute atomic E-state index is 0.000643. The van der Waals surface area contributed by atoms with E-state index < -0.39 is 29.2 Å². The summed E-state index contributed by atoms with van der Waals surface area (Å²) >= 11 is 0. The van der Waals surface area contributed by atoms with Crippen LogP contribution in [0.2, 0.25) is 0 Å². The number of hydrogen-bond donors (Lipinski definition) is 1. The third-order valence-corrected chi connectivity index (χ3v) is 18.2. The maximum absolute atomic E-state index is 17.5. The van der Waals surface area contributed by atoms with Crippen molar-refractivity contribution >= 4 is 62.5 Å². The lowest BCUT2D eigenvalue weighted by molar-refractivity contribution is -0.135. The fourth-order valence-corrected chi connectivity index (χ4v) is 14.1. The van der Waals surface area contributed by atoms with Gasteiger partial charge in [-0.2, -0.15) is 9.97 Å². The van der Waals surface area contributed by atoms with E-state index in [4.69, 9.17) is 30.6 Å². The molecule has 6 aromatic rings. The number of hydrogen-bond acceptors (Lipinski definition) is 13. The lowest BCUT2D eigenvalue weighted by Gasteiger charge is -2.42. The number of aryl methyl sites for hydroxylation is 2. The van der Waals surface area contributed by atoms with Crippen LogP contribution in [0.3, 0.4) is 0 Å². The second-order valence-corrected chi connectivity index (χ2v) is 24.4. The molecule has 3 aromatic heterocycles. The Morgan fingerprint density at radius 1 is 0.902 bits per heavy atom. The number of likely N-dealkylation sites (tertiary alicyclic amines) is 1. The van der Waals surface area contributed by atoms with Gasteiger partial charge in [-0.25, -0.2) is 23.2 Å². The second kappa shape index (κ2) is 21.9. The van der Waals surface area contributed by atoms with E-state index in [9.17, 15) is 24.0 Å². The van der Waals surface area contributed by atoms with Crippen molar-refractivity contribution in [1.82, 2.24) is 44.1 Å². The molecule has 4 amide bonds. The van der Waals surface area contributed by atoms with Crippen LogP contribution in [0, 0.1) is 29.9 Å². The number of pyridine rings is 1. The SMILES string of the molecule is C#Cc1c(F)ccc2cccc(-c3ncc4c(N5CC6CCC(C5)N6C(=O)OC(C)(C)C)nc(OC[C@@]56CCCN5[C@H](COC(=O)N5CCC(CCCCc7ccc8c(c7)n(C)c(=O)n8C7CCC(=O)NC7=O)CC5)CC6)nc4c3F)c12. The van der Waals surface area contributed by atoms with E-state index in [-0.39, 0.29) is 89.9 Å². The molecule has 3 unspecified atom stereocenters. The quantitative estimate of drug-likeness (QED) is 0.0657. The highest BCUT2D eigenvalue weighted by Crippen LogP contribution is 2.44. The zero-order chi connectivity index (χ0) is 57.2. The number of piperidine rings is 2. The van der Waals surface area contributed by atoms with E-state index in [1.165, 1.54) is 10.6 Å². The average Bonchev–Trinajstić information content (AvgIpc) is 4.34. The normalized spacial score (nSPS) is 23.2. The van der Waals surface area contributed by atoms with Gasteiger partial charge in [0.1, 0.15) is 47.7 Å². The number of ether oxygens (including phenoxy) is 3. The number of imidazole rings is 1. The first-order valence-electron chi connectivity index (χ1n) is 29.1. The summed E-state index contributed by atoms with van der Waals surface area (Å²) in [7, 11) is 1.71. The number of fused-ring (bicyclic) bond motifs is 6. The number of aromatic nitrogens is 5. The molecule has 6 aliphatic rings. The molecule has 2 bridgehead atoms. The van der Waals surface area contributed by atoms with Crippen molar-refractivity contribution in [2.45, 2.75) is 146 Å². The predicted molar refractivity (Wildman–Crippen MR) is 304 cm³/mol. The number of anilines is 1. The molecule has 3 aromatic carbocycles. The molecule has 1 N–H and O–H groups in total. The van der Waals surface area contributed by atoms with Crippen LogP contribution in [0.1, 0.15) is 121 Å². The number of carbonyl (C=O) groups excluding carboxylic acids is 4. The Bertz CT molecular complexity index is 3620. The number of rotatable bonds is 13. The lowest BCUT2D eigenvalue weighted by Crippen LogP contribution is -2.57. The number of benzene rings is 3. The van der Waals surface area contributed by atoms with Crippen LogP contribution < -0.4 is 20.6 Å². The summed E-state index contributed by atoms with van der Waals surface area (Å²) in [5, 5.41) is 3.74.